The zero-order chi connectivity index (χ0) is 16.3. The Morgan fingerprint density at radius 1 is 1.27 bits per heavy atom. The van der Waals surface area contributed by atoms with Gasteiger partial charge in [-0.2, -0.15) is 0 Å². The van der Waals surface area contributed by atoms with Crippen LogP contribution in [0.3, 0.4) is 0 Å². The third-order valence-electron chi connectivity index (χ3n) is 3.47. The highest BCUT2D eigenvalue weighted by atomic mass is 79.9. The molecule has 0 aliphatic carbocycles. The van der Waals surface area contributed by atoms with Gasteiger partial charge < -0.3 is 10.4 Å². The molecule has 0 bridgehead atoms. The van der Waals surface area contributed by atoms with E-state index in [9.17, 15) is 14.7 Å². The molecule has 0 fully saturated rings. The van der Waals surface area contributed by atoms with Crippen molar-refractivity contribution in [1.82, 2.24) is 5.32 Å². The molecule has 1 aromatic heterocycles. The van der Waals surface area contributed by atoms with Gasteiger partial charge in [-0.1, -0.05) is 18.2 Å². The van der Waals surface area contributed by atoms with E-state index in [-0.39, 0.29) is 12.3 Å². The molecule has 116 valence electrons. The van der Waals surface area contributed by atoms with E-state index in [4.69, 9.17) is 0 Å². The lowest BCUT2D eigenvalue weighted by Gasteiger charge is -2.18. The average molecular weight is 382 g/mol. The maximum Gasteiger partial charge on any atom is 0.330 e. The Bertz CT molecular complexity index is 711. The van der Waals surface area contributed by atoms with Crippen LogP contribution in [0.15, 0.2) is 34.1 Å². The van der Waals surface area contributed by atoms with Gasteiger partial charge in [0.25, 0.3) is 0 Å². The third-order valence-corrected chi connectivity index (χ3v) is 5.10. The summed E-state index contributed by atoms with van der Waals surface area (Å²) in [6, 6.07) is 8.15. The predicted octanol–water partition coefficient (Wildman–Crippen LogP) is 3.61. The number of hydrogen-bond acceptors (Lipinski definition) is 3. The maximum atomic E-state index is 12.1. The standard InChI is InChI=1S/C16H16BrNO3S/c1-9-4-3-5-12(10(9)2)15(16(20)21)18-14(19)8-11-6-7-13(17)22-11/h3-7,15H,8H2,1-2H3,(H,18,19)(H,20,21). The molecule has 0 aliphatic heterocycles. The minimum atomic E-state index is -1.06. The summed E-state index contributed by atoms with van der Waals surface area (Å²) < 4.78 is 0.944. The number of carbonyl (C=O) groups excluding carboxylic acids is 1. The van der Waals surface area contributed by atoms with Gasteiger partial charge in [-0.15, -0.1) is 11.3 Å². The summed E-state index contributed by atoms with van der Waals surface area (Å²) >= 11 is 4.80. The van der Waals surface area contributed by atoms with E-state index in [0.29, 0.717) is 5.56 Å². The lowest BCUT2D eigenvalue weighted by Crippen LogP contribution is -2.35. The van der Waals surface area contributed by atoms with Crippen molar-refractivity contribution in [3.63, 3.8) is 0 Å². The van der Waals surface area contributed by atoms with E-state index in [1.54, 1.807) is 12.1 Å². The average Bonchev–Trinajstić information content (AvgIpc) is 2.84. The molecular weight excluding hydrogens is 366 g/mol. The Labute approximate surface area is 141 Å². The normalized spacial score (nSPS) is 12.0. The Balaban J connectivity index is 2.17. The highest BCUT2D eigenvalue weighted by molar-refractivity contribution is 9.11. The number of amides is 1. The molecule has 4 nitrogen and oxygen atoms in total. The number of halogens is 1. The highest BCUT2D eigenvalue weighted by Gasteiger charge is 2.24. The lowest BCUT2D eigenvalue weighted by molar-refractivity contribution is -0.142. The smallest absolute Gasteiger partial charge is 0.330 e. The number of carboxylic acid groups (broad SMARTS) is 1. The molecule has 2 rings (SSSR count). The summed E-state index contributed by atoms with van der Waals surface area (Å²) in [6.45, 7) is 3.78. The van der Waals surface area contributed by atoms with Gasteiger partial charge in [-0.3, -0.25) is 4.79 Å². The van der Waals surface area contributed by atoms with Crippen molar-refractivity contribution in [3.05, 3.63) is 55.7 Å². The second kappa shape index (κ2) is 7.07. The molecule has 1 unspecified atom stereocenters. The summed E-state index contributed by atoms with van der Waals surface area (Å²) in [6.07, 6.45) is 0.172. The molecule has 1 aromatic carbocycles. The summed E-state index contributed by atoms with van der Waals surface area (Å²) in [5.41, 5.74) is 2.50. The van der Waals surface area contributed by atoms with Crippen molar-refractivity contribution >= 4 is 39.1 Å². The third kappa shape index (κ3) is 3.96. The first-order chi connectivity index (χ1) is 10.4. The predicted molar refractivity (Wildman–Crippen MR) is 90.2 cm³/mol. The molecule has 0 saturated heterocycles. The first-order valence-corrected chi connectivity index (χ1v) is 8.32. The molecule has 0 radical (unpaired) electrons. The molecule has 2 aromatic rings. The fraction of sp³-hybridized carbons (Fsp3) is 0.250. The first kappa shape index (κ1) is 16.7. The summed E-state index contributed by atoms with van der Waals surface area (Å²) in [5.74, 6) is -1.36. The van der Waals surface area contributed by atoms with Crippen molar-refractivity contribution in [3.8, 4) is 0 Å². The molecule has 1 heterocycles. The summed E-state index contributed by atoms with van der Waals surface area (Å²) in [7, 11) is 0. The van der Waals surface area contributed by atoms with E-state index < -0.39 is 12.0 Å². The van der Waals surface area contributed by atoms with Crippen LogP contribution < -0.4 is 5.32 Å². The summed E-state index contributed by atoms with van der Waals surface area (Å²) in [5, 5.41) is 12.1. The number of nitrogens with one attached hydrogen (secondary N) is 1. The Morgan fingerprint density at radius 3 is 2.59 bits per heavy atom. The second-order valence-electron chi connectivity index (χ2n) is 5.01. The zero-order valence-electron chi connectivity index (χ0n) is 12.2. The molecule has 0 aliphatic rings. The highest BCUT2D eigenvalue weighted by Crippen LogP contribution is 2.24. The van der Waals surface area contributed by atoms with Crippen molar-refractivity contribution in [2.45, 2.75) is 26.3 Å². The van der Waals surface area contributed by atoms with Gasteiger partial charge in [0.15, 0.2) is 6.04 Å². The number of rotatable bonds is 5. The number of benzene rings is 1. The van der Waals surface area contributed by atoms with Gasteiger partial charge in [0.05, 0.1) is 10.2 Å². The van der Waals surface area contributed by atoms with Crippen molar-refractivity contribution < 1.29 is 14.7 Å². The van der Waals surface area contributed by atoms with Crippen LogP contribution in [0.5, 0.6) is 0 Å². The van der Waals surface area contributed by atoms with Gasteiger partial charge in [0.2, 0.25) is 5.91 Å². The number of carbonyl (C=O) groups is 2. The lowest BCUT2D eigenvalue weighted by atomic mass is 9.97. The molecule has 0 spiro atoms. The van der Waals surface area contributed by atoms with Crippen LogP contribution in [0.1, 0.15) is 27.6 Å². The Morgan fingerprint density at radius 2 is 2.00 bits per heavy atom. The fourth-order valence-electron chi connectivity index (χ4n) is 2.18. The zero-order valence-corrected chi connectivity index (χ0v) is 14.6. The van der Waals surface area contributed by atoms with Crippen molar-refractivity contribution in [2.24, 2.45) is 0 Å². The Hall–Kier alpha value is -1.66. The SMILES string of the molecule is Cc1cccc(C(NC(=O)Cc2ccc(Br)s2)C(=O)O)c1C. The molecular formula is C16H16BrNO3S. The van der Waals surface area contributed by atoms with E-state index >= 15 is 0 Å². The first-order valence-electron chi connectivity index (χ1n) is 6.71. The van der Waals surface area contributed by atoms with Crippen LogP contribution in [0.4, 0.5) is 0 Å². The van der Waals surface area contributed by atoms with Crippen LogP contribution in [0.2, 0.25) is 0 Å². The summed E-state index contributed by atoms with van der Waals surface area (Å²) in [4.78, 5) is 24.5. The fourth-order valence-corrected chi connectivity index (χ4v) is 3.66. The number of carboxylic acids is 1. The Kier molecular flexibility index (Phi) is 5.37. The number of thiophene rings is 1. The van der Waals surface area contributed by atoms with Crippen molar-refractivity contribution in [1.29, 1.82) is 0 Å². The molecule has 22 heavy (non-hydrogen) atoms. The second-order valence-corrected chi connectivity index (χ2v) is 7.56. The van der Waals surface area contributed by atoms with Crippen LogP contribution in [-0.2, 0) is 16.0 Å². The van der Waals surface area contributed by atoms with E-state index in [0.717, 1.165) is 19.8 Å². The van der Waals surface area contributed by atoms with E-state index in [1.165, 1.54) is 11.3 Å². The van der Waals surface area contributed by atoms with Crippen LogP contribution in [0.25, 0.3) is 0 Å². The quantitative estimate of drug-likeness (QED) is 0.830. The molecule has 1 amide bonds. The van der Waals surface area contributed by atoms with Gasteiger partial charge in [0.1, 0.15) is 0 Å². The number of aliphatic carboxylic acids is 1. The van der Waals surface area contributed by atoms with Gasteiger partial charge in [0, 0.05) is 4.88 Å². The topological polar surface area (TPSA) is 66.4 Å². The minimum absolute atomic E-state index is 0.172. The molecule has 2 N–H and O–H groups in total. The van der Waals surface area contributed by atoms with Gasteiger partial charge in [-0.25, -0.2) is 4.79 Å². The van der Waals surface area contributed by atoms with Crippen molar-refractivity contribution in [2.75, 3.05) is 0 Å². The number of aryl methyl sites for hydroxylation is 1. The molecule has 1 atom stereocenters. The van der Waals surface area contributed by atoms with E-state index in [2.05, 4.69) is 21.2 Å². The molecule has 6 heteroatoms. The molecule has 0 saturated carbocycles. The monoisotopic (exact) mass is 381 g/mol. The van der Waals surface area contributed by atoms with Gasteiger partial charge in [-0.05, 0) is 58.6 Å². The maximum absolute atomic E-state index is 12.1. The van der Waals surface area contributed by atoms with Crippen LogP contribution >= 0.6 is 27.3 Å². The number of hydrogen-bond donors (Lipinski definition) is 2. The van der Waals surface area contributed by atoms with Gasteiger partial charge >= 0.3 is 5.97 Å². The minimum Gasteiger partial charge on any atom is -0.479 e. The largest absolute Gasteiger partial charge is 0.479 e. The van der Waals surface area contributed by atoms with E-state index in [1.807, 2.05) is 32.0 Å². The van der Waals surface area contributed by atoms with Crippen LogP contribution in [-0.4, -0.2) is 17.0 Å². The van der Waals surface area contributed by atoms with Crippen LogP contribution in [0, 0.1) is 13.8 Å².